The van der Waals surface area contributed by atoms with Crippen LogP contribution < -0.4 is 5.73 Å². The monoisotopic (exact) mass is 661 g/mol. The first-order valence-corrected chi connectivity index (χ1v) is 15.8. The number of aliphatic hydroxyl groups is 3. The van der Waals surface area contributed by atoms with Crippen LogP contribution in [0.4, 0.5) is 0 Å². The number of likely N-dealkylation sites (N-methyl/N-ethyl adjacent to an activating group) is 2. The molecule has 1 fully saturated rings. The van der Waals surface area contributed by atoms with E-state index in [1.165, 1.54) is 19.0 Å². The molecule has 48 heavy (non-hydrogen) atoms. The van der Waals surface area contributed by atoms with Crippen molar-refractivity contribution in [2.24, 2.45) is 17.6 Å². The molecule has 0 unspecified atom stereocenters. The molecule has 6 N–H and O–H groups in total. The molecule has 1 amide bonds. The number of hydrogen-bond acceptors (Lipinski definition) is 11. The number of ether oxygens (including phenoxy) is 1. The Bertz CT molecular complexity index is 1760. The highest BCUT2D eigenvalue weighted by Crippen LogP contribution is 2.57. The number of fused-ring (bicyclic) bond motifs is 3. The number of phenols is 1. The lowest BCUT2D eigenvalue weighted by Gasteiger charge is -2.54. The van der Waals surface area contributed by atoms with Crippen LogP contribution in [0.15, 0.2) is 59.4 Å². The molecule has 3 aliphatic rings. The average Bonchev–Trinajstić information content (AvgIpc) is 2.98. The SMILES string of the molecule is C[C@H]1c2ccc(C(C)(C)CN(C)C)c(O)c2C(O)=C2C(=O)[C@]3(O)C(O)=C(C(N)=O)C(=O)[C@@H](N(C)C)[C@@H]3[C@@H](OC(=O)Cc3ccccc3)[C@@H]21. The number of aliphatic hydroxyl groups excluding tert-OH is 2. The number of ketones is 2. The van der Waals surface area contributed by atoms with Gasteiger partial charge in [-0.15, -0.1) is 0 Å². The lowest BCUT2D eigenvalue weighted by atomic mass is 9.54. The number of hydrogen-bond donors (Lipinski definition) is 5. The van der Waals surface area contributed by atoms with Gasteiger partial charge in [-0.25, -0.2) is 0 Å². The molecule has 0 saturated heterocycles. The third-order valence-electron chi connectivity index (χ3n) is 10.0. The molecule has 0 aliphatic heterocycles. The maximum Gasteiger partial charge on any atom is 0.310 e. The summed E-state index contributed by atoms with van der Waals surface area (Å²) in [5, 5.41) is 47.4. The Morgan fingerprint density at radius 3 is 2.19 bits per heavy atom. The van der Waals surface area contributed by atoms with Crippen LogP contribution in [-0.4, -0.2) is 106 Å². The summed E-state index contributed by atoms with van der Waals surface area (Å²) in [7, 11) is 6.73. The number of benzene rings is 2. The van der Waals surface area contributed by atoms with Crippen LogP contribution in [0.1, 0.15) is 48.9 Å². The molecular formula is C36H43N3O9. The summed E-state index contributed by atoms with van der Waals surface area (Å²) >= 11 is 0. The van der Waals surface area contributed by atoms with Crippen LogP contribution in [0.25, 0.3) is 5.76 Å². The maximum absolute atomic E-state index is 14.6. The van der Waals surface area contributed by atoms with E-state index in [0.717, 1.165) is 0 Å². The molecule has 5 rings (SSSR count). The van der Waals surface area contributed by atoms with Gasteiger partial charge in [0.2, 0.25) is 5.78 Å². The molecule has 12 nitrogen and oxygen atoms in total. The smallest absolute Gasteiger partial charge is 0.310 e. The minimum atomic E-state index is -3.01. The highest BCUT2D eigenvalue weighted by molar-refractivity contribution is 6.24. The van der Waals surface area contributed by atoms with E-state index in [9.17, 15) is 39.6 Å². The quantitative estimate of drug-likeness (QED) is 0.206. The lowest BCUT2D eigenvalue weighted by molar-refractivity contribution is -0.185. The number of rotatable bonds is 8. The van der Waals surface area contributed by atoms with E-state index in [1.54, 1.807) is 49.4 Å². The van der Waals surface area contributed by atoms with Crippen LogP contribution in [0.2, 0.25) is 0 Å². The average molecular weight is 662 g/mol. The van der Waals surface area contributed by atoms with Gasteiger partial charge in [0.1, 0.15) is 28.9 Å². The van der Waals surface area contributed by atoms with Crippen molar-refractivity contribution in [3.63, 3.8) is 0 Å². The first-order valence-electron chi connectivity index (χ1n) is 15.8. The van der Waals surface area contributed by atoms with E-state index >= 15 is 0 Å². The number of nitrogens with zero attached hydrogens (tertiary/aromatic N) is 2. The summed E-state index contributed by atoms with van der Waals surface area (Å²) in [5.74, 6) is -9.95. The molecular weight excluding hydrogens is 618 g/mol. The second kappa shape index (κ2) is 12.2. The second-order valence-corrected chi connectivity index (χ2v) is 14.2. The van der Waals surface area contributed by atoms with Gasteiger partial charge < -0.3 is 35.8 Å². The van der Waals surface area contributed by atoms with Crippen molar-refractivity contribution in [2.75, 3.05) is 34.7 Å². The highest BCUT2D eigenvalue weighted by atomic mass is 16.5. The normalized spacial score (nSPS) is 27.2. The van der Waals surface area contributed by atoms with Gasteiger partial charge in [-0.3, -0.25) is 24.1 Å². The number of amides is 1. The molecule has 12 heteroatoms. The molecule has 0 spiro atoms. The van der Waals surface area contributed by atoms with Gasteiger partial charge in [0.05, 0.1) is 23.9 Å². The second-order valence-electron chi connectivity index (χ2n) is 14.2. The Labute approximate surface area is 279 Å². The third kappa shape index (κ3) is 5.28. The molecule has 1 saturated carbocycles. The Balaban J connectivity index is 1.78. The van der Waals surface area contributed by atoms with Crippen LogP contribution in [0.3, 0.4) is 0 Å². The molecule has 2 aromatic carbocycles. The summed E-state index contributed by atoms with van der Waals surface area (Å²) in [6, 6.07) is 10.8. The van der Waals surface area contributed by atoms with Gasteiger partial charge in [0.25, 0.3) is 5.91 Å². The van der Waals surface area contributed by atoms with Crippen molar-refractivity contribution >= 4 is 29.2 Å². The molecule has 0 aromatic heterocycles. The zero-order chi connectivity index (χ0) is 35.6. The fraction of sp³-hybridized carbons (Fsp3) is 0.444. The molecule has 256 valence electrons. The highest BCUT2D eigenvalue weighted by Gasteiger charge is 2.69. The Kier molecular flexibility index (Phi) is 8.83. The van der Waals surface area contributed by atoms with Crippen LogP contribution in [0, 0.1) is 11.8 Å². The van der Waals surface area contributed by atoms with Gasteiger partial charge in [-0.1, -0.05) is 63.2 Å². The Hall–Kier alpha value is -4.52. The summed E-state index contributed by atoms with van der Waals surface area (Å²) < 4.78 is 6.11. The van der Waals surface area contributed by atoms with Crippen molar-refractivity contribution in [1.82, 2.24) is 9.80 Å². The predicted octanol–water partition coefficient (Wildman–Crippen LogP) is 2.13. The van der Waals surface area contributed by atoms with Crippen LogP contribution in [-0.2, 0) is 35.8 Å². The summed E-state index contributed by atoms with van der Waals surface area (Å²) in [6.45, 7) is 6.10. The van der Waals surface area contributed by atoms with Gasteiger partial charge in [-0.05, 0) is 45.2 Å². The fourth-order valence-electron chi connectivity index (χ4n) is 8.11. The summed E-state index contributed by atoms with van der Waals surface area (Å²) in [5.41, 5.74) is 2.02. The number of phenolic OH excluding ortho intramolecular Hbond substituents is 1. The van der Waals surface area contributed by atoms with E-state index in [4.69, 9.17) is 10.5 Å². The van der Waals surface area contributed by atoms with Gasteiger partial charge in [-0.2, -0.15) is 0 Å². The number of nitrogens with two attached hydrogens (primary N) is 1. The minimum Gasteiger partial charge on any atom is -0.508 e. The summed E-state index contributed by atoms with van der Waals surface area (Å²) in [6.07, 6.45) is -1.68. The number of primary amides is 1. The first-order chi connectivity index (χ1) is 22.4. The van der Waals surface area contributed by atoms with E-state index in [0.29, 0.717) is 23.2 Å². The third-order valence-corrected chi connectivity index (χ3v) is 10.0. The fourth-order valence-corrected chi connectivity index (χ4v) is 8.11. The van der Waals surface area contributed by atoms with Gasteiger partial charge in [0.15, 0.2) is 11.4 Å². The van der Waals surface area contributed by atoms with Crippen molar-refractivity contribution in [2.45, 2.75) is 56.3 Å². The predicted molar refractivity (Wildman–Crippen MR) is 176 cm³/mol. The minimum absolute atomic E-state index is 0.0301. The van der Waals surface area contributed by atoms with Crippen molar-refractivity contribution in [3.8, 4) is 5.75 Å². The van der Waals surface area contributed by atoms with Crippen LogP contribution >= 0.6 is 0 Å². The van der Waals surface area contributed by atoms with Crippen molar-refractivity contribution in [1.29, 1.82) is 0 Å². The zero-order valence-electron chi connectivity index (χ0n) is 28.1. The number of esters is 1. The molecule has 2 aromatic rings. The standard InChI is InChI=1S/C36H43N3O9/c1-17-19-13-14-20(35(2,3)16-38(4)5)28(41)23(19)29(42)24-22(17)31(48-21(40)15-18-11-9-8-10-12-18)26-27(39(6)7)30(43)25(34(37)46)33(45)36(26,47)32(24)44/h8-14,17,22,26-27,31,41-42,45,47H,15-16H2,1-7H3,(H2,37,46)/t17-,22+,26+,27-,31-,36-/m0/s1. The van der Waals surface area contributed by atoms with Gasteiger partial charge in [0, 0.05) is 29.0 Å². The van der Waals surface area contributed by atoms with Crippen LogP contribution in [0.5, 0.6) is 5.75 Å². The zero-order valence-corrected chi connectivity index (χ0v) is 28.1. The molecule has 6 atom stereocenters. The molecule has 0 radical (unpaired) electrons. The number of Topliss-reactive ketones (excluding diaryl/α,β-unsaturated/α-hetero) is 2. The topological polar surface area (TPSA) is 191 Å². The van der Waals surface area contributed by atoms with Gasteiger partial charge >= 0.3 is 5.97 Å². The molecule has 3 aliphatic carbocycles. The molecule has 0 heterocycles. The number of carbonyl (C=O) groups excluding carboxylic acids is 4. The summed E-state index contributed by atoms with van der Waals surface area (Å²) in [4.78, 5) is 57.8. The van der Waals surface area contributed by atoms with Crippen molar-refractivity contribution < 1.29 is 44.3 Å². The molecule has 0 bridgehead atoms. The Morgan fingerprint density at radius 2 is 1.62 bits per heavy atom. The Morgan fingerprint density at radius 1 is 1.00 bits per heavy atom. The first kappa shape index (κ1) is 34.8. The van der Waals surface area contributed by atoms with E-state index < -0.39 is 87.0 Å². The van der Waals surface area contributed by atoms with Crippen molar-refractivity contribution in [3.05, 3.63) is 81.6 Å². The largest absolute Gasteiger partial charge is 0.508 e. The maximum atomic E-state index is 14.6. The van der Waals surface area contributed by atoms with E-state index in [1.807, 2.05) is 32.8 Å². The number of carbonyl (C=O) groups is 4. The van der Waals surface area contributed by atoms with E-state index in [2.05, 4.69) is 0 Å². The number of aromatic hydroxyl groups is 1. The van der Waals surface area contributed by atoms with E-state index in [-0.39, 0.29) is 17.7 Å². The lowest BCUT2D eigenvalue weighted by Crippen LogP contribution is -2.71.